The number of hydrogen-bond donors (Lipinski definition) is 2. The summed E-state index contributed by atoms with van der Waals surface area (Å²) in [6, 6.07) is 9.89. The zero-order chi connectivity index (χ0) is 17.5. The molecule has 0 aromatic heterocycles. The second-order valence-corrected chi connectivity index (χ2v) is 7.39. The maximum Gasteiger partial charge on any atom is 0.236 e. The first kappa shape index (κ1) is 18.4. The van der Waals surface area contributed by atoms with Crippen LogP contribution in [0, 0.1) is 5.92 Å². The van der Waals surface area contributed by atoms with Crippen LogP contribution in [0.3, 0.4) is 0 Å². The van der Waals surface area contributed by atoms with Gasteiger partial charge in [0.1, 0.15) is 0 Å². The van der Waals surface area contributed by atoms with Crippen molar-refractivity contribution in [2.45, 2.75) is 31.8 Å². The van der Waals surface area contributed by atoms with Gasteiger partial charge < -0.3 is 20.2 Å². The van der Waals surface area contributed by atoms with Crippen LogP contribution in [-0.4, -0.2) is 66.6 Å². The highest BCUT2D eigenvalue weighted by Gasteiger charge is 2.22. The molecule has 2 aliphatic heterocycles. The van der Waals surface area contributed by atoms with E-state index in [1.54, 1.807) is 0 Å². The molecule has 1 amide bonds. The van der Waals surface area contributed by atoms with Crippen molar-refractivity contribution in [1.29, 1.82) is 0 Å². The van der Waals surface area contributed by atoms with E-state index < -0.39 is 6.10 Å². The van der Waals surface area contributed by atoms with Crippen LogP contribution in [0.25, 0.3) is 0 Å². The molecule has 0 spiro atoms. The van der Waals surface area contributed by atoms with Crippen molar-refractivity contribution in [2.75, 3.05) is 45.8 Å². The Morgan fingerprint density at radius 3 is 2.48 bits per heavy atom. The Bertz CT molecular complexity index is 523. The first-order valence-corrected chi connectivity index (χ1v) is 9.66. The number of amides is 1. The molecule has 0 bridgehead atoms. The number of hydrogen-bond acceptors (Lipinski definition) is 4. The van der Waals surface area contributed by atoms with Crippen molar-refractivity contribution in [3.05, 3.63) is 35.9 Å². The summed E-state index contributed by atoms with van der Waals surface area (Å²) in [6.07, 6.45) is 4.16. The number of carbonyl (C=O) groups excluding carboxylic acids is 1. The smallest absolute Gasteiger partial charge is 0.236 e. The van der Waals surface area contributed by atoms with Gasteiger partial charge in [-0.25, -0.2) is 0 Å². The van der Waals surface area contributed by atoms with Crippen LogP contribution in [0.15, 0.2) is 30.3 Å². The molecule has 2 N–H and O–H groups in total. The molecule has 2 saturated heterocycles. The number of rotatable bonds is 7. The number of benzene rings is 1. The summed E-state index contributed by atoms with van der Waals surface area (Å²) in [5.41, 5.74) is 0.992. The number of piperidine rings is 1. The first-order valence-electron chi connectivity index (χ1n) is 9.66. The molecule has 2 aliphatic rings. The average Bonchev–Trinajstić information content (AvgIpc) is 3.19. The SMILES string of the molecule is O=C(CNCC1CCN(C[C@@H](O)c2ccccc2)CC1)N1CCCC1. The fourth-order valence-corrected chi connectivity index (χ4v) is 3.86. The van der Waals surface area contributed by atoms with E-state index in [2.05, 4.69) is 10.2 Å². The topological polar surface area (TPSA) is 55.8 Å². The zero-order valence-electron chi connectivity index (χ0n) is 15.1. The summed E-state index contributed by atoms with van der Waals surface area (Å²) in [5.74, 6) is 0.886. The lowest BCUT2D eigenvalue weighted by atomic mass is 9.96. The van der Waals surface area contributed by atoms with Crippen LogP contribution in [0.4, 0.5) is 0 Å². The lowest BCUT2D eigenvalue weighted by molar-refractivity contribution is -0.129. The van der Waals surface area contributed by atoms with Gasteiger partial charge in [-0.1, -0.05) is 30.3 Å². The van der Waals surface area contributed by atoms with Gasteiger partial charge in [0.15, 0.2) is 0 Å². The van der Waals surface area contributed by atoms with E-state index in [1.807, 2.05) is 35.2 Å². The van der Waals surface area contributed by atoms with Gasteiger partial charge in [-0.05, 0) is 56.8 Å². The molecular weight excluding hydrogens is 314 g/mol. The largest absolute Gasteiger partial charge is 0.387 e. The number of β-amino-alcohol motifs (C(OH)–C–C–N with tert-alkyl or cyclic N) is 1. The van der Waals surface area contributed by atoms with Gasteiger partial charge in [-0.2, -0.15) is 0 Å². The van der Waals surface area contributed by atoms with E-state index in [-0.39, 0.29) is 5.91 Å². The number of nitrogens with zero attached hydrogens (tertiary/aromatic N) is 2. The molecule has 1 atom stereocenters. The quantitative estimate of drug-likeness (QED) is 0.789. The summed E-state index contributed by atoms with van der Waals surface area (Å²) in [4.78, 5) is 16.3. The standard InChI is InChI=1S/C20H31N3O2/c24-19(18-6-2-1-3-7-18)16-22-12-8-17(9-13-22)14-21-15-20(25)23-10-4-5-11-23/h1-3,6-7,17,19,21,24H,4-5,8-16H2/t19-/m1/s1. The van der Waals surface area contributed by atoms with E-state index in [0.29, 0.717) is 19.0 Å². The third-order valence-electron chi connectivity index (χ3n) is 5.49. The zero-order valence-corrected chi connectivity index (χ0v) is 15.1. The molecule has 2 heterocycles. The summed E-state index contributed by atoms with van der Waals surface area (Å²) in [5, 5.41) is 13.7. The molecular formula is C20H31N3O2. The summed E-state index contributed by atoms with van der Waals surface area (Å²) >= 11 is 0. The van der Waals surface area contributed by atoms with Gasteiger partial charge in [0, 0.05) is 19.6 Å². The third-order valence-corrected chi connectivity index (χ3v) is 5.49. The number of aliphatic hydroxyl groups excluding tert-OH is 1. The first-order chi connectivity index (χ1) is 12.2. The van der Waals surface area contributed by atoms with Gasteiger partial charge in [-0.3, -0.25) is 4.79 Å². The molecule has 3 rings (SSSR count). The van der Waals surface area contributed by atoms with E-state index >= 15 is 0 Å². The molecule has 25 heavy (non-hydrogen) atoms. The van der Waals surface area contributed by atoms with Crippen molar-refractivity contribution in [3.63, 3.8) is 0 Å². The highest BCUT2D eigenvalue weighted by Crippen LogP contribution is 2.20. The number of likely N-dealkylation sites (tertiary alicyclic amines) is 2. The third kappa shape index (κ3) is 5.53. The molecule has 1 aromatic carbocycles. The minimum absolute atomic E-state index is 0.251. The van der Waals surface area contributed by atoms with E-state index in [1.165, 1.54) is 0 Å². The van der Waals surface area contributed by atoms with Crippen LogP contribution in [-0.2, 0) is 4.79 Å². The Morgan fingerprint density at radius 2 is 1.80 bits per heavy atom. The maximum atomic E-state index is 12.0. The van der Waals surface area contributed by atoms with Gasteiger partial charge >= 0.3 is 0 Å². The van der Waals surface area contributed by atoms with Crippen LogP contribution < -0.4 is 5.32 Å². The monoisotopic (exact) mass is 345 g/mol. The Labute approximate surface area is 151 Å². The van der Waals surface area contributed by atoms with E-state index in [9.17, 15) is 9.90 Å². The van der Waals surface area contributed by atoms with Crippen LogP contribution >= 0.6 is 0 Å². The molecule has 1 aromatic rings. The van der Waals surface area contributed by atoms with Gasteiger partial charge in [0.25, 0.3) is 0 Å². The molecule has 0 radical (unpaired) electrons. The predicted molar refractivity (Wildman–Crippen MR) is 99.2 cm³/mol. The van der Waals surface area contributed by atoms with Crippen LogP contribution in [0.5, 0.6) is 0 Å². The van der Waals surface area contributed by atoms with Crippen LogP contribution in [0.1, 0.15) is 37.4 Å². The normalized spacial score (nSPS) is 20.8. The van der Waals surface area contributed by atoms with Gasteiger partial charge in [-0.15, -0.1) is 0 Å². The minimum atomic E-state index is -0.408. The summed E-state index contributed by atoms with van der Waals surface area (Å²) in [7, 11) is 0. The van der Waals surface area contributed by atoms with E-state index in [0.717, 1.165) is 64.0 Å². The number of carbonyl (C=O) groups is 1. The molecule has 2 fully saturated rings. The number of nitrogens with one attached hydrogen (secondary N) is 1. The Balaban J connectivity index is 1.31. The van der Waals surface area contributed by atoms with Crippen molar-refractivity contribution in [1.82, 2.24) is 15.1 Å². The predicted octanol–water partition coefficient (Wildman–Crippen LogP) is 1.64. The average molecular weight is 345 g/mol. The summed E-state index contributed by atoms with van der Waals surface area (Å²) < 4.78 is 0. The lowest BCUT2D eigenvalue weighted by Crippen LogP contribution is -2.41. The molecule has 0 aliphatic carbocycles. The molecule has 0 unspecified atom stereocenters. The van der Waals surface area contributed by atoms with Crippen LogP contribution in [0.2, 0.25) is 0 Å². The van der Waals surface area contributed by atoms with Crippen molar-refractivity contribution in [3.8, 4) is 0 Å². The highest BCUT2D eigenvalue weighted by molar-refractivity contribution is 5.78. The maximum absolute atomic E-state index is 12.0. The lowest BCUT2D eigenvalue weighted by Gasteiger charge is -2.33. The Hall–Kier alpha value is -1.43. The molecule has 5 heteroatoms. The molecule has 0 saturated carbocycles. The number of aliphatic hydroxyl groups is 1. The second-order valence-electron chi connectivity index (χ2n) is 7.39. The fourth-order valence-electron chi connectivity index (χ4n) is 3.86. The van der Waals surface area contributed by atoms with Crippen molar-refractivity contribution in [2.24, 2.45) is 5.92 Å². The minimum Gasteiger partial charge on any atom is -0.387 e. The molecule has 138 valence electrons. The van der Waals surface area contributed by atoms with E-state index in [4.69, 9.17) is 0 Å². The summed E-state index contributed by atoms with van der Waals surface area (Å²) in [6.45, 7) is 6.02. The Kier molecular flexibility index (Phi) is 6.84. The van der Waals surface area contributed by atoms with Gasteiger partial charge in [0.2, 0.25) is 5.91 Å². The Morgan fingerprint density at radius 1 is 1.12 bits per heavy atom. The fraction of sp³-hybridized carbons (Fsp3) is 0.650. The van der Waals surface area contributed by atoms with Gasteiger partial charge in [0.05, 0.1) is 12.6 Å². The van der Waals surface area contributed by atoms with Crippen molar-refractivity contribution >= 4 is 5.91 Å². The highest BCUT2D eigenvalue weighted by atomic mass is 16.3. The second kappa shape index (κ2) is 9.32. The molecule has 5 nitrogen and oxygen atoms in total. The van der Waals surface area contributed by atoms with Crippen molar-refractivity contribution < 1.29 is 9.90 Å².